The summed E-state index contributed by atoms with van der Waals surface area (Å²) in [6.07, 6.45) is 11.3. The van der Waals surface area contributed by atoms with Crippen molar-refractivity contribution in [1.29, 1.82) is 15.9 Å². The van der Waals surface area contributed by atoms with Crippen LogP contribution in [0.5, 0.6) is 0 Å². The van der Waals surface area contributed by atoms with Gasteiger partial charge in [-0.3, -0.25) is 0 Å². The molecular weight excluding hydrogens is 234 g/mol. The lowest BCUT2D eigenvalue weighted by Gasteiger charge is -2.19. The highest BCUT2D eigenvalue weighted by atomic mass is 14.3. The van der Waals surface area contributed by atoms with Gasteiger partial charge in [-0.15, -0.1) is 0 Å². The van der Waals surface area contributed by atoms with Crippen molar-refractivity contribution in [1.82, 2.24) is 0 Å². The highest BCUT2D eigenvalue weighted by Gasteiger charge is 2.13. The van der Waals surface area contributed by atoms with Gasteiger partial charge in [0, 0.05) is 12.8 Å². The summed E-state index contributed by atoms with van der Waals surface area (Å²) in [7, 11) is 0. The molecule has 0 amide bonds. The molecule has 0 aromatic rings. The normalized spacial score (nSPS) is 13.2. The summed E-state index contributed by atoms with van der Waals surface area (Å²) in [6.45, 7) is 2.20. The molecule has 0 radical (unpaired) electrons. The smallest absolute Gasteiger partial charge is 0.0621 e. The first-order chi connectivity index (χ1) is 9.28. The molecule has 0 fully saturated rings. The van der Waals surface area contributed by atoms with Crippen LogP contribution in [0.2, 0.25) is 0 Å². The molecule has 0 spiro atoms. The zero-order chi connectivity index (χ0) is 14.3. The van der Waals surface area contributed by atoms with Crippen LogP contribution in [0.25, 0.3) is 0 Å². The molecule has 0 heterocycles. The van der Waals surface area contributed by atoms with E-state index in [1.54, 1.807) is 0 Å². The molecule has 0 bridgehead atoms. The molecule has 0 aliphatic carbocycles. The Morgan fingerprint density at radius 1 is 0.895 bits per heavy atom. The minimum Gasteiger partial charge on any atom is -0.313 e. The molecule has 2 unspecified atom stereocenters. The quantitative estimate of drug-likeness (QED) is 0.511. The van der Waals surface area contributed by atoms with Crippen LogP contribution >= 0.6 is 0 Å². The van der Waals surface area contributed by atoms with Gasteiger partial charge in [-0.2, -0.15) is 10.5 Å². The van der Waals surface area contributed by atoms with Crippen LogP contribution in [0.4, 0.5) is 0 Å². The predicted molar refractivity (Wildman–Crippen MR) is 78.8 cm³/mol. The molecule has 0 aliphatic heterocycles. The molecule has 0 aromatic carbocycles. The average molecular weight is 261 g/mol. The Kier molecular flexibility index (Phi) is 12.2. The highest BCUT2D eigenvalue weighted by molar-refractivity contribution is 5.52. The van der Waals surface area contributed by atoms with E-state index in [0.717, 1.165) is 32.1 Å². The average Bonchev–Trinajstić information content (AvgIpc) is 2.43. The van der Waals surface area contributed by atoms with Crippen LogP contribution < -0.4 is 0 Å². The van der Waals surface area contributed by atoms with Gasteiger partial charge < -0.3 is 5.41 Å². The topological polar surface area (TPSA) is 71.4 Å². The Labute approximate surface area is 118 Å². The Morgan fingerprint density at radius 2 is 1.42 bits per heavy atom. The molecule has 0 aromatic heterocycles. The van der Waals surface area contributed by atoms with Gasteiger partial charge in [0.05, 0.1) is 12.1 Å². The number of hydrogen-bond acceptors (Lipinski definition) is 3. The molecule has 2 atom stereocenters. The number of rotatable bonds is 12. The van der Waals surface area contributed by atoms with Crippen LogP contribution in [0.15, 0.2) is 0 Å². The lowest BCUT2D eigenvalue weighted by molar-refractivity contribution is 0.340. The molecule has 1 N–H and O–H groups in total. The van der Waals surface area contributed by atoms with Crippen molar-refractivity contribution in [2.75, 3.05) is 0 Å². The second kappa shape index (κ2) is 13.1. The van der Waals surface area contributed by atoms with Crippen molar-refractivity contribution in [3.8, 4) is 12.1 Å². The minimum atomic E-state index is 0.572. The summed E-state index contributed by atoms with van der Waals surface area (Å²) in [5.41, 5.74) is 0. The SMILES string of the molecule is CCCC(CCC#N)CCC(CCC#N)CCC=N. The molecule has 106 valence electrons. The maximum atomic E-state index is 8.69. The Balaban J connectivity index is 4.11. The van der Waals surface area contributed by atoms with Gasteiger partial charge in [0.2, 0.25) is 0 Å². The largest absolute Gasteiger partial charge is 0.313 e. The highest BCUT2D eigenvalue weighted by Crippen LogP contribution is 2.26. The summed E-state index contributed by atoms with van der Waals surface area (Å²) < 4.78 is 0. The zero-order valence-electron chi connectivity index (χ0n) is 12.2. The third-order valence-electron chi connectivity index (χ3n) is 3.73. The van der Waals surface area contributed by atoms with Crippen LogP contribution in [-0.4, -0.2) is 6.21 Å². The standard InChI is InChI=1S/C16H27N3/c1-2-6-15(7-3-12-17)10-11-16(8-4-13-18)9-5-14-19/h13,15-16,18H,2-11H2,1H3. The number of nitriles is 2. The third-order valence-corrected chi connectivity index (χ3v) is 3.73. The van der Waals surface area contributed by atoms with Crippen LogP contribution in [0, 0.1) is 39.9 Å². The first kappa shape index (κ1) is 17.6. The maximum Gasteiger partial charge on any atom is 0.0621 e. The van der Waals surface area contributed by atoms with E-state index < -0.39 is 0 Å². The van der Waals surface area contributed by atoms with E-state index in [0.29, 0.717) is 24.7 Å². The summed E-state index contributed by atoms with van der Waals surface area (Å²) in [5, 5.41) is 24.5. The molecule has 0 rings (SSSR count). The molecule has 3 nitrogen and oxygen atoms in total. The van der Waals surface area contributed by atoms with E-state index in [2.05, 4.69) is 19.1 Å². The molecule has 0 aliphatic rings. The van der Waals surface area contributed by atoms with E-state index in [4.69, 9.17) is 15.9 Å². The van der Waals surface area contributed by atoms with Crippen molar-refractivity contribution in [3.05, 3.63) is 0 Å². The van der Waals surface area contributed by atoms with Gasteiger partial charge in [0.25, 0.3) is 0 Å². The number of nitrogens with zero attached hydrogens (tertiary/aromatic N) is 2. The van der Waals surface area contributed by atoms with Crippen molar-refractivity contribution in [3.63, 3.8) is 0 Å². The fourth-order valence-electron chi connectivity index (χ4n) is 2.60. The molecule has 19 heavy (non-hydrogen) atoms. The van der Waals surface area contributed by atoms with Gasteiger partial charge in [-0.05, 0) is 43.7 Å². The van der Waals surface area contributed by atoms with Crippen molar-refractivity contribution < 1.29 is 0 Å². The predicted octanol–water partition coefficient (Wildman–Crippen LogP) is 4.84. The third kappa shape index (κ3) is 10.3. The van der Waals surface area contributed by atoms with Gasteiger partial charge in [0.15, 0.2) is 0 Å². The van der Waals surface area contributed by atoms with Gasteiger partial charge in [0.1, 0.15) is 0 Å². The van der Waals surface area contributed by atoms with Crippen LogP contribution in [0.3, 0.4) is 0 Å². The summed E-state index contributed by atoms with van der Waals surface area (Å²) in [6, 6.07) is 4.46. The van der Waals surface area contributed by atoms with Gasteiger partial charge in [-0.25, -0.2) is 0 Å². The monoisotopic (exact) mass is 261 g/mol. The van der Waals surface area contributed by atoms with E-state index in [1.165, 1.54) is 25.5 Å². The molecular formula is C16H27N3. The van der Waals surface area contributed by atoms with Crippen LogP contribution in [0.1, 0.15) is 71.1 Å². The summed E-state index contributed by atoms with van der Waals surface area (Å²) >= 11 is 0. The van der Waals surface area contributed by atoms with E-state index >= 15 is 0 Å². The zero-order valence-corrected chi connectivity index (χ0v) is 12.2. The van der Waals surface area contributed by atoms with Crippen molar-refractivity contribution >= 4 is 6.21 Å². The van der Waals surface area contributed by atoms with Gasteiger partial charge >= 0.3 is 0 Å². The van der Waals surface area contributed by atoms with Crippen LogP contribution in [-0.2, 0) is 0 Å². The summed E-state index contributed by atoms with van der Waals surface area (Å²) in [5.74, 6) is 1.23. The fourth-order valence-corrected chi connectivity index (χ4v) is 2.60. The van der Waals surface area contributed by atoms with Crippen molar-refractivity contribution in [2.24, 2.45) is 11.8 Å². The fraction of sp³-hybridized carbons (Fsp3) is 0.812. The Hall–Kier alpha value is -1.35. The van der Waals surface area contributed by atoms with Gasteiger partial charge in [-0.1, -0.05) is 32.6 Å². The molecule has 0 saturated heterocycles. The van der Waals surface area contributed by atoms with Crippen molar-refractivity contribution in [2.45, 2.75) is 71.1 Å². The Morgan fingerprint density at radius 3 is 1.84 bits per heavy atom. The number of nitrogens with one attached hydrogen (secondary N) is 1. The second-order valence-electron chi connectivity index (χ2n) is 5.27. The van der Waals surface area contributed by atoms with E-state index in [9.17, 15) is 0 Å². The lowest BCUT2D eigenvalue weighted by Crippen LogP contribution is -2.07. The van der Waals surface area contributed by atoms with E-state index in [-0.39, 0.29) is 0 Å². The first-order valence-corrected chi connectivity index (χ1v) is 7.51. The van der Waals surface area contributed by atoms with E-state index in [1.807, 2.05) is 0 Å². The number of hydrogen-bond donors (Lipinski definition) is 1. The maximum absolute atomic E-state index is 8.69. The summed E-state index contributed by atoms with van der Waals surface area (Å²) in [4.78, 5) is 0. The first-order valence-electron chi connectivity index (χ1n) is 7.51. The second-order valence-corrected chi connectivity index (χ2v) is 5.27. The molecule has 3 heteroatoms. The minimum absolute atomic E-state index is 0.572. The lowest BCUT2D eigenvalue weighted by atomic mass is 9.86. The molecule has 0 saturated carbocycles. The Bertz CT molecular complexity index is 298.